The van der Waals surface area contributed by atoms with Gasteiger partial charge in [0.1, 0.15) is 32.7 Å². The predicted octanol–water partition coefficient (Wildman–Crippen LogP) is 8.71. The van der Waals surface area contributed by atoms with Gasteiger partial charge in [-0.3, -0.25) is 14.8 Å². The lowest BCUT2D eigenvalue weighted by atomic mass is 10.1. The minimum absolute atomic E-state index is 0.100. The molecule has 1 N–H and O–H groups in total. The number of fused-ring (bicyclic) bond motifs is 2. The summed E-state index contributed by atoms with van der Waals surface area (Å²) in [6, 6.07) is 32.9. The van der Waals surface area contributed by atoms with E-state index < -0.39 is 9.84 Å². The van der Waals surface area contributed by atoms with Crippen LogP contribution in [-0.4, -0.2) is 111 Å². The van der Waals surface area contributed by atoms with E-state index in [-0.39, 0.29) is 23.6 Å². The van der Waals surface area contributed by atoms with Crippen molar-refractivity contribution in [3.63, 3.8) is 0 Å². The lowest BCUT2D eigenvalue weighted by Crippen LogP contribution is -2.48. The highest BCUT2D eigenvalue weighted by Gasteiger charge is 2.31. The summed E-state index contributed by atoms with van der Waals surface area (Å²) in [5.41, 5.74) is 7.00. The van der Waals surface area contributed by atoms with E-state index in [0.717, 1.165) is 113 Å². The van der Waals surface area contributed by atoms with Crippen molar-refractivity contribution in [3.8, 4) is 45.3 Å². The molecule has 3 aliphatic heterocycles. The molecule has 0 radical (unpaired) electrons. The lowest BCUT2D eigenvalue weighted by Gasteiger charge is -2.37. The van der Waals surface area contributed by atoms with Crippen LogP contribution < -0.4 is 10.2 Å². The molecule has 2 atom stereocenters. The number of nitrogens with zero attached hydrogens (tertiary/aromatic N) is 9. The average Bonchev–Trinajstić information content (AvgIpc) is 4.15. The van der Waals surface area contributed by atoms with Gasteiger partial charge in [0.25, 0.3) is 0 Å². The Labute approximate surface area is 374 Å². The summed E-state index contributed by atoms with van der Waals surface area (Å²) in [6.45, 7) is 6.60. The molecule has 0 spiro atoms. The van der Waals surface area contributed by atoms with Gasteiger partial charge in [-0.1, -0.05) is 72.8 Å². The maximum atomic E-state index is 12.5. The second kappa shape index (κ2) is 17.1. The largest absolute Gasteiger partial charge is 0.366 e. The first-order chi connectivity index (χ1) is 30.9. The van der Waals surface area contributed by atoms with Crippen molar-refractivity contribution in [1.82, 2.24) is 39.7 Å². The number of aromatic nitrogens is 6. The van der Waals surface area contributed by atoms with E-state index in [2.05, 4.69) is 90.4 Å². The number of pyridine rings is 2. The van der Waals surface area contributed by atoms with Crippen LogP contribution >= 0.6 is 22.7 Å². The number of rotatable bonds is 11. The Morgan fingerprint density at radius 3 is 2.03 bits per heavy atom. The van der Waals surface area contributed by atoms with Gasteiger partial charge in [-0.25, -0.2) is 33.3 Å². The second-order valence-electron chi connectivity index (χ2n) is 16.6. The number of nitrogens with one attached hydrogen (secondary N) is 1. The minimum atomic E-state index is -3.08. The van der Waals surface area contributed by atoms with E-state index in [1.807, 2.05) is 42.5 Å². The molecular weight excluding hydrogens is 845 g/mol. The van der Waals surface area contributed by atoms with Gasteiger partial charge in [-0.2, -0.15) is 0 Å². The molecule has 3 saturated heterocycles. The van der Waals surface area contributed by atoms with Crippen molar-refractivity contribution in [2.24, 2.45) is 0 Å². The van der Waals surface area contributed by atoms with Crippen LogP contribution in [0.4, 0.5) is 11.6 Å². The Hall–Kier alpha value is -5.71. The lowest BCUT2D eigenvalue weighted by molar-refractivity contribution is 0.186. The highest BCUT2D eigenvalue weighted by atomic mass is 32.2. The Bertz CT molecular complexity index is 3010. The maximum absolute atomic E-state index is 12.5. The van der Waals surface area contributed by atoms with Crippen LogP contribution in [0.1, 0.15) is 31.0 Å². The van der Waals surface area contributed by atoms with Gasteiger partial charge >= 0.3 is 0 Å². The number of anilines is 2. The number of hydrogen-bond acceptors (Lipinski definition) is 14. The molecule has 0 amide bonds. The summed E-state index contributed by atoms with van der Waals surface area (Å²) in [5.74, 6) is 3.14. The zero-order valence-corrected chi connectivity index (χ0v) is 37.1. The summed E-state index contributed by atoms with van der Waals surface area (Å²) in [5, 5.41) is 9.90. The number of sulfone groups is 1. The normalized spacial score (nSPS) is 19.3. The topological polar surface area (TPSA) is 133 Å². The van der Waals surface area contributed by atoms with E-state index in [1.165, 1.54) is 11.1 Å². The highest BCUT2D eigenvalue weighted by Crippen LogP contribution is 2.41. The summed E-state index contributed by atoms with van der Waals surface area (Å²) in [6.07, 6.45) is 4.52. The van der Waals surface area contributed by atoms with Crippen molar-refractivity contribution < 1.29 is 8.42 Å². The van der Waals surface area contributed by atoms with Crippen LogP contribution in [0.25, 0.3) is 65.7 Å². The molecule has 0 bridgehead atoms. The maximum Gasteiger partial charge on any atom is 0.181 e. The molecule has 2 aromatic carbocycles. The number of benzene rings is 2. The average molecular weight is 891 g/mol. The molecule has 3 fully saturated rings. The first-order valence-electron chi connectivity index (χ1n) is 21.7. The van der Waals surface area contributed by atoms with E-state index in [9.17, 15) is 8.42 Å². The van der Waals surface area contributed by atoms with Crippen molar-refractivity contribution in [3.05, 3.63) is 120 Å². The molecule has 0 aliphatic carbocycles. The number of thiophene rings is 2. The van der Waals surface area contributed by atoms with E-state index >= 15 is 0 Å². The van der Waals surface area contributed by atoms with E-state index in [0.29, 0.717) is 23.9 Å². The molecule has 6 aromatic heterocycles. The van der Waals surface area contributed by atoms with Gasteiger partial charge < -0.3 is 10.2 Å². The molecule has 15 heteroatoms. The molecule has 0 saturated carbocycles. The van der Waals surface area contributed by atoms with Crippen LogP contribution in [0, 0.1) is 0 Å². The van der Waals surface area contributed by atoms with Crippen molar-refractivity contribution in [2.45, 2.75) is 31.3 Å². The summed E-state index contributed by atoms with van der Waals surface area (Å²) >= 11 is 3.25. The summed E-state index contributed by atoms with van der Waals surface area (Å²) in [7, 11) is -3.08. The molecule has 63 heavy (non-hydrogen) atoms. The van der Waals surface area contributed by atoms with Gasteiger partial charge in [0, 0.05) is 73.4 Å². The second-order valence-corrected chi connectivity index (χ2v) is 20.5. The van der Waals surface area contributed by atoms with Crippen LogP contribution in [0.5, 0.6) is 0 Å². The van der Waals surface area contributed by atoms with Crippen molar-refractivity contribution in [2.75, 3.05) is 67.5 Å². The van der Waals surface area contributed by atoms with Gasteiger partial charge in [0.2, 0.25) is 0 Å². The Kier molecular flexibility index (Phi) is 10.9. The van der Waals surface area contributed by atoms with Gasteiger partial charge in [-0.15, -0.1) is 22.7 Å². The van der Waals surface area contributed by atoms with Crippen molar-refractivity contribution >= 4 is 64.6 Å². The third kappa shape index (κ3) is 8.19. The molecule has 11 rings (SSSR count). The van der Waals surface area contributed by atoms with Gasteiger partial charge in [-0.05, 0) is 61.2 Å². The van der Waals surface area contributed by atoms with Crippen LogP contribution in [0.3, 0.4) is 0 Å². The smallest absolute Gasteiger partial charge is 0.181 e. The van der Waals surface area contributed by atoms with Crippen molar-refractivity contribution in [1.29, 1.82) is 0 Å². The van der Waals surface area contributed by atoms with Crippen LogP contribution in [0.2, 0.25) is 0 Å². The first-order valence-corrected chi connectivity index (χ1v) is 25.3. The number of likely N-dealkylation sites (tertiary alicyclic amines) is 1. The Morgan fingerprint density at radius 1 is 0.651 bits per heavy atom. The third-order valence-electron chi connectivity index (χ3n) is 12.6. The summed E-state index contributed by atoms with van der Waals surface area (Å²) in [4.78, 5) is 39.7. The zero-order chi connectivity index (χ0) is 42.3. The molecule has 8 aromatic rings. The quantitative estimate of drug-likeness (QED) is 0.133. The van der Waals surface area contributed by atoms with E-state index in [4.69, 9.17) is 24.9 Å². The fourth-order valence-electron chi connectivity index (χ4n) is 9.33. The van der Waals surface area contributed by atoms with Gasteiger partial charge in [0.05, 0.1) is 34.0 Å². The molecule has 3 aliphatic rings. The fraction of sp³-hybridized carbons (Fsp3) is 0.292. The number of hydrogen-bond donors (Lipinski definition) is 1. The van der Waals surface area contributed by atoms with E-state index in [1.54, 1.807) is 28.9 Å². The molecule has 2 unspecified atom stereocenters. The molecular formula is C48H46N10O2S3. The predicted molar refractivity (Wildman–Crippen MR) is 255 cm³/mol. The Balaban J connectivity index is 0.806. The highest BCUT2D eigenvalue weighted by molar-refractivity contribution is 7.91. The fourth-order valence-corrected chi connectivity index (χ4v) is 12.9. The monoisotopic (exact) mass is 890 g/mol. The molecule has 9 heterocycles. The molecule has 318 valence electrons. The number of piperazine rings is 1. The van der Waals surface area contributed by atoms with Crippen LogP contribution in [-0.2, 0) is 9.84 Å². The summed E-state index contributed by atoms with van der Waals surface area (Å²) < 4.78 is 24.9. The minimum Gasteiger partial charge on any atom is -0.366 e. The Morgan fingerprint density at radius 2 is 1.33 bits per heavy atom. The SMILES string of the molecule is O=S1(=O)CCC(Nc2nc(-c3cccc(C4CCCN4CCN4CCN(c5nc(-c6ccccn6)nc6scc(-c7ccccc7)c56)CC4)n3)nc3scc(-c4ccccc4)c23)C1. The van der Waals surface area contributed by atoms with Gasteiger partial charge in [0.15, 0.2) is 21.5 Å². The standard InChI is InChI=1S/C48H46N10O2S3/c59-63(60)28-19-34(31-63)50-45-41-35(32-11-3-1-4-12-32)29-61-47(41)55-44(52-45)39-17-9-16-37(51-39)40-18-10-21-57(40)25-22-56-23-26-58(27-24-56)46-42-36(33-13-5-2-6-14-33)30-62-48(42)54-43(53-46)38-15-7-8-20-49-38/h1-9,11-17,20,29-30,34,40H,10,18-19,21-28,31H2,(H,50,52,55). The third-order valence-corrected chi connectivity index (χ3v) is 16.1. The first kappa shape index (κ1) is 40.1. The van der Waals surface area contributed by atoms with Crippen LogP contribution in [0.15, 0.2) is 114 Å². The zero-order valence-electron chi connectivity index (χ0n) is 34.7. The molecule has 12 nitrogen and oxygen atoms in total.